The Labute approximate surface area is 114 Å². The van der Waals surface area contributed by atoms with Crippen LogP contribution in [0, 0.1) is 17.8 Å². The molecule has 19 heavy (non-hydrogen) atoms. The van der Waals surface area contributed by atoms with E-state index in [0.29, 0.717) is 17.3 Å². The van der Waals surface area contributed by atoms with Gasteiger partial charge >= 0.3 is 0 Å². The Kier molecular flexibility index (Phi) is 3.17. The van der Waals surface area contributed by atoms with Crippen LogP contribution in [0.1, 0.15) is 36.2 Å². The highest BCUT2D eigenvalue weighted by Crippen LogP contribution is 2.48. The topological polar surface area (TPSA) is 59.2 Å². The number of hydrogen-bond acceptors (Lipinski definition) is 3. The fourth-order valence-corrected chi connectivity index (χ4v) is 3.79. The first kappa shape index (κ1) is 12.5. The van der Waals surface area contributed by atoms with Gasteiger partial charge in [0.05, 0.1) is 0 Å². The molecule has 0 radical (unpaired) electrons. The van der Waals surface area contributed by atoms with E-state index in [0.717, 1.165) is 18.4 Å². The average Bonchev–Trinajstić information content (AvgIpc) is 3.00. The van der Waals surface area contributed by atoms with E-state index >= 15 is 0 Å². The molecule has 1 aromatic rings. The van der Waals surface area contributed by atoms with Gasteiger partial charge in [-0.1, -0.05) is 6.42 Å². The molecule has 3 atom stereocenters. The molecular formula is C15H21N3O. The number of rotatable bonds is 3. The van der Waals surface area contributed by atoms with E-state index in [9.17, 15) is 4.79 Å². The van der Waals surface area contributed by atoms with Gasteiger partial charge in [-0.2, -0.15) is 0 Å². The maximum Gasteiger partial charge on any atom is 0.272 e. The van der Waals surface area contributed by atoms with Gasteiger partial charge in [-0.05, 0) is 49.1 Å². The molecule has 2 bridgehead atoms. The van der Waals surface area contributed by atoms with E-state index in [-0.39, 0.29) is 5.91 Å². The quantitative estimate of drug-likeness (QED) is 0.905. The summed E-state index contributed by atoms with van der Waals surface area (Å²) in [6.45, 7) is 0.858. The summed E-state index contributed by atoms with van der Waals surface area (Å²) in [5.41, 5.74) is 6.74. The fraction of sp³-hybridized carbons (Fsp3) is 0.600. The second-order valence-electron chi connectivity index (χ2n) is 6.10. The monoisotopic (exact) mass is 259 g/mol. The average molecular weight is 259 g/mol. The van der Waals surface area contributed by atoms with Crippen LogP contribution in [0.25, 0.3) is 0 Å². The van der Waals surface area contributed by atoms with Crippen molar-refractivity contribution in [2.24, 2.45) is 17.8 Å². The molecule has 1 amide bonds. The number of nitrogens with zero attached hydrogens (tertiary/aromatic N) is 2. The second-order valence-corrected chi connectivity index (χ2v) is 6.10. The van der Waals surface area contributed by atoms with Crippen molar-refractivity contribution in [2.75, 3.05) is 19.3 Å². The zero-order valence-corrected chi connectivity index (χ0v) is 11.4. The number of anilines is 1. The third kappa shape index (κ3) is 2.44. The summed E-state index contributed by atoms with van der Waals surface area (Å²) in [6.07, 6.45) is 7.02. The van der Waals surface area contributed by atoms with Crippen molar-refractivity contribution in [2.45, 2.75) is 25.7 Å². The van der Waals surface area contributed by atoms with Crippen molar-refractivity contribution in [3.8, 4) is 0 Å². The van der Waals surface area contributed by atoms with E-state index in [1.807, 2.05) is 11.9 Å². The van der Waals surface area contributed by atoms with Crippen LogP contribution in [0.2, 0.25) is 0 Å². The molecule has 0 aliphatic heterocycles. The van der Waals surface area contributed by atoms with Crippen LogP contribution in [0.3, 0.4) is 0 Å². The van der Waals surface area contributed by atoms with Gasteiger partial charge in [-0.25, -0.2) is 0 Å². The van der Waals surface area contributed by atoms with Gasteiger partial charge in [-0.15, -0.1) is 0 Å². The standard InChI is InChI=1S/C15H21N3O/c1-18(9-12-7-10-2-3-11(12)6-10)15(19)14-8-13(16)4-5-17-14/h4-5,8,10-12H,2-3,6-7,9H2,1H3,(H2,16,17). The molecule has 1 heterocycles. The molecule has 2 fully saturated rings. The van der Waals surface area contributed by atoms with Gasteiger partial charge in [0.15, 0.2) is 0 Å². The molecule has 2 N–H and O–H groups in total. The Morgan fingerprint density at radius 1 is 1.47 bits per heavy atom. The second kappa shape index (κ2) is 4.83. The Balaban J connectivity index is 1.64. The maximum absolute atomic E-state index is 12.3. The number of carbonyl (C=O) groups is 1. The minimum atomic E-state index is -0.0185. The zero-order valence-electron chi connectivity index (χ0n) is 11.4. The molecule has 2 saturated carbocycles. The Hall–Kier alpha value is -1.58. The number of carbonyl (C=O) groups excluding carboxylic acids is 1. The van der Waals surface area contributed by atoms with Crippen LogP contribution in [0.5, 0.6) is 0 Å². The lowest BCUT2D eigenvalue weighted by atomic mass is 9.88. The highest BCUT2D eigenvalue weighted by Gasteiger charge is 2.40. The number of nitrogens with two attached hydrogens (primary N) is 1. The lowest BCUT2D eigenvalue weighted by Crippen LogP contribution is -2.34. The van der Waals surface area contributed by atoms with Gasteiger partial charge in [0, 0.05) is 25.5 Å². The van der Waals surface area contributed by atoms with Crippen molar-refractivity contribution in [1.82, 2.24) is 9.88 Å². The molecule has 2 aliphatic rings. The van der Waals surface area contributed by atoms with Crippen LogP contribution in [-0.4, -0.2) is 29.4 Å². The van der Waals surface area contributed by atoms with Gasteiger partial charge < -0.3 is 10.6 Å². The lowest BCUT2D eigenvalue weighted by Gasteiger charge is -2.27. The molecule has 0 aromatic carbocycles. The van der Waals surface area contributed by atoms with Crippen LogP contribution >= 0.6 is 0 Å². The summed E-state index contributed by atoms with van der Waals surface area (Å²) in [5.74, 6) is 2.43. The van der Waals surface area contributed by atoms with Gasteiger partial charge in [-0.3, -0.25) is 9.78 Å². The number of fused-ring (bicyclic) bond motifs is 2. The minimum Gasteiger partial charge on any atom is -0.399 e. The smallest absolute Gasteiger partial charge is 0.272 e. The van der Waals surface area contributed by atoms with Crippen LogP contribution < -0.4 is 5.73 Å². The summed E-state index contributed by atoms with van der Waals surface area (Å²) < 4.78 is 0. The molecular weight excluding hydrogens is 238 g/mol. The normalized spacial score (nSPS) is 28.6. The van der Waals surface area contributed by atoms with Crippen molar-refractivity contribution in [3.63, 3.8) is 0 Å². The molecule has 4 nitrogen and oxygen atoms in total. The Morgan fingerprint density at radius 2 is 2.32 bits per heavy atom. The van der Waals surface area contributed by atoms with Gasteiger partial charge in [0.1, 0.15) is 5.69 Å². The van der Waals surface area contributed by atoms with Crippen LogP contribution in [-0.2, 0) is 0 Å². The Morgan fingerprint density at radius 3 is 2.95 bits per heavy atom. The molecule has 0 spiro atoms. The van der Waals surface area contributed by atoms with E-state index in [1.165, 1.54) is 25.7 Å². The summed E-state index contributed by atoms with van der Waals surface area (Å²) in [6, 6.07) is 3.35. The lowest BCUT2D eigenvalue weighted by molar-refractivity contribution is 0.0748. The predicted octanol–water partition coefficient (Wildman–Crippen LogP) is 2.17. The van der Waals surface area contributed by atoms with E-state index in [2.05, 4.69) is 4.98 Å². The first-order valence-electron chi connectivity index (χ1n) is 7.10. The zero-order chi connectivity index (χ0) is 13.4. The van der Waals surface area contributed by atoms with Crippen molar-refractivity contribution in [1.29, 1.82) is 0 Å². The molecule has 3 unspecified atom stereocenters. The summed E-state index contributed by atoms with van der Waals surface area (Å²) in [5, 5.41) is 0. The third-order valence-corrected chi connectivity index (χ3v) is 4.74. The molecule has 1 aromatic heterocycles. The van der Waals surface area contributed by atoms with Crippen molar-refractivity contribution in [3.05, 3.63) is 24.0 Å². The highest BCUT2D eigenvalue weighted by molar-refractivity contribution is 5.92. The summed E-state index contributed by atoms with van der Waals surface area (Å²) >= 11 is 0. The number of pyridine rings is 1. The number of amides is 1. The molecule has 3 rings (SSSR count). The van der Waals surface area contributed by atoms with Crippen LogP contribution in [0.4, 0.5) is 5.69 Å². The first-order chi connectivity index (χ1) is 9.13. The van der Waals surface area contributed by atoms with Gasteiger partial charge in [0.2, 0.25) is 0 Å². The number of nitrogen functional groups attached to an aromatic ring is 1. The van der Waals surface area contributed by atoms with E-state index in [4.69, 9.17) is 5.73 Å². The number of hydrogen-bond donors (Lipinski definition) is 1. The molecule has 0 saturated heterocycles. The third-order valence-electron chi connectivity index (χ3n) is 4.74. The number of aromatic nitrogens is 1. The minimum absolute atomic E-state index is 0.0185. The fourth-order valence-electron chi connectivity index (χ4n) is 3.79. The first-order valence-corrected chi connectivity index (χ1v) is 7.10. The van der Waals surface area contributed by atoms with Crippen molar-refractivity contribution < 1.29 is 4.79 Å². The Bertz CT molecular complexity index is 488. The van der Waals surface area contributed by atoms with Crippen molar-refractivity contribution >= 4 is 11.6 Å². The van der Waals surface area contributed by atoms with Gasteiger partial charge in [0.25, 0.3) is 5.91 Å². The predicted molar refractivity (Wildman–Crippen MR) is 74.5 cm³/mol. The summed E-state index contributed by atoms with van der Waals surface area (Å²) in [4.78, 5) is 18.2. The SMILES string of the molecule is CN(CC1CC2CCC1C2)C(=O)c1cc(N)ccn1. The summed E-state index contributed by atoms with van der Waals surface area (Å²) in [7, 11) is 1.87. The molecule has 2 aliphatic carbocycles. The van der Waals surface area contributed by atoms with E-state index in [1.54, 1.807) is 18.3 Å². The van der Waals surface area contributed by atoms with Crippen LogP contribution in [0.15, 0.2) is 18.3 Å². The largest absolute Gasteiger partial charge is 0.399 e. The van der Waals surface area contributed by atoms with E-state index < -0.39 is 0 Å². The molecule has 102 valence electrons. The highest BCUT2D eigenvalue weighted by atomic mass is 16.2. The maximum atomic E-state index is 12.3. The molecule has 4 heteroatoms.